The second kappa shape index (κ2) is 4.97. The number of nitrogens with zero attached hydrogens (tertiary/aromatic N) is 2. The molecule has 0 aromatic carbocycles. The van der Waals surface area contributed by atoms with Crippen molar-refractivity contribution in [2.24, 2.45) is 23.7 Å². The SMILES string of the molecule is CCc1nnc(NC(=O)[C@H]2C3C=CC(C3)[C@H]2C(=O)O)s1. The quantitative estimate of drug-likeness (QED) is 0.822. The second-order valence-corrected chi connectivity index (χ2v) is 6.24. The fraction of sp³-hybridized carbons (Fsp3) is 0.538. The van der Waals surface area contributed by atoms with Gasteiger partial charge >= 0.3 is 5.97 Å². The highest BCUT2D eigenvalue weighted by Gasteiger charge is 2.51. The molecule has 2 N–H and O–H groups in total. The Labute approximate surface area is 119 Å². The molecule has 1 aromatic heterocycles. The smallest absolute Gasteiger partial charge is 0.307 e. The number of nitrogens with one attached hydrogen (secondary N) is 1. The molecule has 106 valence electrons. The average molecular weight is 293 g/mol. The number of anilines is 1. The Morgan fingerprint density at radius 2 is 2.05 bits per heavy atom. The van der Waals surface area contributed by atoms with Crippen LogP contribution in [0.15, 0.2) is 12.2 Å². The van der Waals surface area contributed by atoms with Gasteiger partial charge in [-0.15, -0.1) is 10.2 Å². The lowest BCUT2D eigenvalue weighted by molar-refractivity contribution is -0.146. The number of carboxylic acid groups (broad SMARTS) is 1. The van der Waals surface area contributed by atoms with Crippen molar-refractivity contribution < 1.29 is 14.7 Å². The lowest BCUT2D eigenvalue weighted by Gasteiger charge is -2.23. The van der Waals surface area contributed by atoms with Crippen molar-refractivity contribution in [3.05, 3.63) is 17.2 Å². The topological polar surface area (TPSA) is 92.2 Å². The van der Waals surface area contributed by atoms with E-state index in [0.717, 1.165) is 17.8 Å². The number of hydrogen-bond acceptors (Lipinski definition) is 5. The van der Waals surface area contributed by atoms with E-state index in [4.69, 9.17) is 0 Å². The van der Waals surface area contributed by atoms with Crippen LogP contribution in [0.25, 0.3) is 0 Å². The van der Waals surface area contributed by atoms with Gasteiger partial charge in [0.15, 0.2) is 0 Å². The molecule has 4 atom stereocenters. The van der Waals surface area contributed by atoms with Crippen molar-refractivity contribution in [2.75, 3.05) is 5.32 Å². The molecule has 1 heterocycles. The van der Waals surface area contributed by atoms with Crippen LogP contribution in [0.2, 0.25) is 0 Å². The summed E-state index contributed by atoms with van der Waals surface area (Å²) in [6.07, 6.45) is 5.41. The summed E-state index contributed by atoms with van der Waals surface area (Å²) in [4.78, 5) is 23.7. The summed E-state index contributed by atoms with van der Waals surface area (Å²) in [5.41, 5.74) is 0. The van der Waals surface area contributed by atoms with Gasteiger partial charge in [0.25, 0.3) is 0 Å². The van der Waals surface area contributed by atoms with Crippen LogP contribution in [-0.2, 0) is 16.0 Å². The molecule has 1 fully saturated rings. The van der Waals surface area contributed by atoms with Gasteiger partial charge < -0.3 is 10.4 Å². The minimum Gasteiger partial charge on any atom is -0.481 e. The maximum atomic E-state index is 12.3. The van der Waals surface area contributed by atoms with E-state index in [9.17, 15) is 14.7 Å². The molecular weight excluding hydrogens is 278 g/mol. The molecule has 2 aliphatic rings. The highest BCUT2D eigenvalue weighted by Crippen LogP contribution is 2.48. The number of carboxylic acids is 1. The van der Waals surface area contributed by atoms with Gasteiger partial charge in [0, 0.05) is 0 Å². The van der Waals surface area contributed by atoms with Crippen LogP contribution < -0.4 is 5.32 Å². The van der Waals surface area contributed by atoms with Gasteiger partial charge in [-0.2, -0.15) is 0 Å². The summed E-state index contributed by atoms with van der Waals surface area (Å²) in [5, 5.41) is 21.2. The number of allylic oxidation sites excluding steroid dienone is 2. The fourth-order valence-corrected chi connectivity index (χ4v) is 3.83. The predicted molar refractivity (Wildman–Crippen MR) is 73.3 cm³/mol. The van der Waals surface area contributed by atoms with Crippen molar-refractivity contribution in [1.29, 1.82) is 0 Å². The van der Waals surface area contributed by atoms with E-state index in [1.54, 1.807) is 0 Å². The van der Waals surface area contributed by atoms with Crippen LogP contribution in [0.5, 0.6) is 0 Å². The summed E-state index contributed by atoms with van der Waals surface area (Å²) in [7, 11) is 0. The van der Waals surface area contributed by atoms with Gasteiger partial charge in [-0.1, -0.05) is 30.4 Å². The van der Waals surface area contributed by atoms with E-state index < -0.39 is 17.8 Å². The second-order valence-electron chi connectivity index (χ2n) is 5.18. The monoisotopic (exact) mass is 293 g/mol. The Bertz CT molecular complexity index is 583. The molecule has 3 rings (SSSR count). The van der Waals surface area contributed by atoms with Crippen LogP contribution in [0.1, 0.15) is 18.4 Å². The van der Waals surface area contributed by atoms with E-state index >= 15 is 0 Å². The van der Waals surface area contributed by atoms with Crippen LogP contribution in [0.4, 0.5) is 5.13 Å². The first-order valence-corrected chi connectivity index (χ1v) is 7.46. The van der Waals surface area contributed by atoms with Gasteiger partial charge in [-0.3, -0.25) is 9.59 Å². The summed E-state index contributed by atoms with van der Waals surface area (Å²) < 4.78 is 0. The number of carbonyl (C=O) groups is 2. The highest BCUT2D eigenvalue weighted by molar-refractivity contribution is 7.15. The summed E-state index contributed by atoms with van der Waals surface area (Å²) in [6, 6.07) is 0. The van der Waals surface area contributed by atoms with Crippen LogP contribution >= 0.6 is 11.3 Å². The van der Waals surface area contributed by atoms with Crippen LogP contribution in [-0.4, -0.2) is 27.2 Å². The van der Waals surface area contributed by atoms with Gasteiger partial charge in [-0.25, -0.2) is 0 Å². The van der Waals surface area contributed by atoms with Crippen molar-refractivity contribution >= 4 is 28.3 Å². The predicted octanol–water partition coefficient (Wildman–Crippen LogP) is 1.56. The first kappa shape index (κ1) is 13.2. The zero-order valence-corrected chi connectivity index (χ0v) is 11.8. The third-order valence-corrected chi connectivity index (χ3v) is 5.03. The first-order chi connectivity index (χ1) is 9.60. The van der Waals surface area contributed by atoms with Crippen LogP contribution in [0.3, 0.4) is 0 Å². The summed E-state index contributed by atoms with van der Waals surface area (Å²) >= 11 is 1.33. The molecule has 0 saturated heterocycles. The minimum absolute atomic E-state index is 0.0196. The fourth-order valence-electron chi connectivity index (χ4n) is 3.15. The molecule has 6 nitrogen and oxygen atoms in total. The molecule has 0 aliphatic heterocycles. The number of aryl methyl sites for hydroxylation is 1. The number of aliphatic carboxylic acids is 1. The van der Waals surface area contributed by atoms with Crippen molar-refractivity contribution in [3.63, 3.8) is 0 Å². The van der Waals surface area contributed by atoms with Gasteiger partial charge in [-0.05, 0) is 24.7 Å². The molecule has 2 bridgehead atoms. The number of carbonyl (C=O) groups excluding carboxylic acids is 1. The van der Waals surface area contributed by atoms with Crippen molar-refractivity contribution in [1.82, 2.24) is 10.2 Å². The molecule has 0 spiro atoms. The number of fused-ring (bicyclic) bond motifs is 2. The Balaban J connectivity index is 1.76. The third-order valence-electron chi connectivity index (χ3n) is 4.05. The molecule has 1 amide bonds. The van der Waals surface area contributed by atoms with Crippen molar-refractivity contribution in [2.45, 2.75) is 19.8 Å². The van der Waals surface area contributed by atoms with Gasteiger partial charge in [0.05, 0.1) is 11.8 Å². The van der Waals surface area contributed by atoms with Gasteiger partial charge in [0.1, 0.15) is 5.01 Å². The molecular formula is C13H15N3O3S. The van der Waals surface area contributed by atoms with E-state index in [-0.39, 0.29) is 17.7 Å². The van der Waals surface area contributed by atoms with Crippen molar-refractivity contribution in [3.8, 4) is 0 Å². The Morgan fingerprint density at radius 1 is 1.35 bits per heavy atom. The molecule has 20 heavy (non-hydrogen) atoms. The maximum absolute atomic E-state index is 12.3. The molecule has 2 aliphatic carbocycles. The molecule has 0 radical (unpaired) electrons. The number of rotatable bonds is 4. The Hall–Kier alpha value is -1.76. The lowest BCUT2D eigenvalue weighted by atomic mass is 9.82. The maximum Gasteiger partial charge on any atom is 0.307 e. The summed E-state index contributed by atoms with van der Waals surface area (Å²) in [5.74, 6) is -2.27. The number of aromatic nitrogens is 2. The van der Waals surface area contributed by atoms with E-state index in [2.05, 4.69) is 15.5 Å². The zero-order chi connectivity index (χ0) is 14.3. The van der Waals surface area contributed by atoms with E-state index in [0.29, 0.717) is 5.13 Å². The largest absolute Gasteiger partial charge is 0.481 e. The standard InChI is InChI=1S/C13H15N3O3S/c1-2-8-15-16-13(20-8)14-11(17)9-6-3-4-7(5-6)10(9)12(18)19/h3-4,6-7,9-10H,2,5H2,1H3,(H,18,19)(H,14,16,17)/t6?,7?,9-,10+/m0/s1. The zero-order valence-electron chi connectivity index (χ0n) is 10.9. The Kier molecular flexibility index (Phi) is 3.29. The molecule has 1 aromatic rings. The first-order valence-electron chi connectivity index (χ1n) is 6.64. The molecule has 2 unspecified atom stereocenters. The minimum atomic E-state index is -0.895. The number of hydrogen-bond donors (Lipinski definition) is 2. The van der Waals surface area contributed by atoms with Crippen LogP contribution in [0, 0.1) is 23.7 Å². The highest BCUT2D eigenvalue weighted by atomic mass is 32.1. The average Bonchev–Trinajstić information content (AvgIpc) is 3.12. The lowest BCUT2D eigenvalue weighted by Crippen LogP contribution is -2.36. The van der Waals surface area contributed by atoms with E-state index in [1.807, 2.05) is 19.1 Å². The molecule has 7 heteroatoms. The third kappa shape index (κ3) is 2.11. The normalized spacial score (nSPS) is 30.6. The van der Waals surface area contributed by atoms with Gasteiger partial charge in [0.2, 0.25) is 11.0 Å². The van der Waals surface area contributed by atoms with E-state index in [1.165, 1.54) is 11.3 Å². The number of amides is 1. The molecule has 1 saturated carbocycles. The summed E-state index contributed by atoms with van der Waals surface area (Å²) in [6.45, 7) is 1.97. The Morgan fingerprint density at radius 3 is 2.65 bits per heavy atom.